The molecule has 0 aromatic heterocycles. The van der Waals surface area contributed by atoms with Crippen LogP contribution >= 0.6 is 15.9 Å². The smallest absolute Gasteiger partial charge is 0.0259 e. The Morgan fingerprint density at radius 1 is 1.27 bits per heavy atom. The standard InChI is InChI=1S/C10H6Br/c1-3-8-5-9(4-2)7-10(11)6-8/h1,5-7H,2H2. The molecule has 1 rings (SSSR count). The zero-order valence-corrected chi connectivity index (χ0v) is 7.48. The van der Waals surface area contributed by atoms with E-state index in [0.717, 1.165) is 15.6 Å². The quantitative estimate of drug-likeness (QED) is 0.619. The number of hydrogen-bond acceptors (Lipinski definition) is 0. The molecule has 0 heterocycles. The first-order valence-corrected chi connectivity index (χ1v) is 3.86. The summed E-state index contributed by atoms with van der Waals surface area (Å²) in [6.45, 7) is 3.53. The van der Waals surface area contributed by atoms with Crippen molar-refractivity contribution in [1.29, 1.82) is 0 Å². The first kappa shape index (κ1) is 8.10. The average Bonchev–Trinajstić information content (AvgIpc) is 2.03. The summed E-state index contributed by atoms with van der Waals surface area (Å²) < 4.78 is 0.958. The molecule has 0 aliphatic heterocycles. The molecule has 0 fully saturated rings. The minimum absolute atomic E-state index is 0.838. The Morgan fingerprint density at radius 2 is 1.91 bits per heavy atom. The Kier molecular flexibility index (Phi) is 2.51. The van der Waals surface area contributed by atoms with Gasteiger partial charge in [0.1, 0.15) is 0 Å². The third-order valence-electron chi connectivity index (χ3n) is 1.27. The fraction of sp³-hybridized carbons (Fsp3) is 0. The van der Waals surface area contributed by atoms with Crippen LogP contribution < -0.4 is 0 Å². The van der Waals surface area contributed by atoms with Gasteiger partial charge in [-0.3, -0.25) is 0 Å². The second-order valence-corrected chi connectivity index (χ2v) is 2.97. The minimum atomic E-state index is 0.838. The summed E-state index contributed by atoms with van der Waals surface area (Å²) in [5.41, 5.74) is 1.75. The van der Waals surface area contributed by atoms with E-state index in [0.29, 0.717) is 0 Å². The van der Waals surface area contributed by atoms with Crippen molar-refractivity contribution in [1.82, 2.24) is 0 Å². The molecule has 0 aliphatic rings. The van der Waals surface area contributed by atoms with Crippen molar-refractivity contribution >= 4 is 15.9 Å². The molecule has 11 heavy (non-hydrogen) atoms. The number of terminal acetylenes is 1. The summed E-state index contributed by atoms with van der Waals surface area (Å²) in [4.78, 5) is 0. The Bertz CT molecular complexity index is 318. The van der Waals surface area contributed by atoms with Crippen LogP contribution in [-0.2, 0) is 0 Å². The predicted octanol–water partition coefficient (Wildman–Crippen LogP) is 2.77. The van der Waals surface area contributed by atoms with Gasteiger partial charge in [0.25, 0.3) is 0 Å². The van der Waals surface area contributed by atoms with E-state index in [4.69, 9.17) is 6.42 Å². The zero-order chi connectivity index (χ0) is 8.27. The van der Waals surface area contributed by atoms with Gasteiger partial charge in [-0.25, -0.2) is 0 Å². The second kappa shape index (κ2) is 3.41. The Morgan fingerprint density at radius 3 is 2.45 bits per heavy atom. The van der Waals surface area contributed by atoms with Gasteiger partial charge in [0.05, 0.1) is 0 Å². The Hall–Kier alpha value is -1.00. The van der Waals surface area contributed by atoms with Crippen molar-refractivity contribution in [2.24, 2.45) is 0 Å². The fourth-order valence-electron chi connectivity index (χ4n) is 0.775. The van der Waals surface area contributed by atoms with Gasteiger partial charge >= 0.3 is 0 Å². The average molecular weight is 206 g/mol. The lowest BCUT2D eigenvalue weighted by molar-refractivity contribution is 1.52. The maximum absolute atomic E-state index is 5.22. The number of rotatable bonds is 1. The molecular formula is C10H6Br. The van der Waals surface area contributed by atoms with E-state index in [9.17, 15) is 0 Å². The third kappa shape index (κ3) is 1.96. The predicted molar refractivity (Wildman–Crippen MR) is 50.0 cm³/mol. The van der Waals surface area contributed by atoms with Gasteiger partial charge in [0.15, 0.2) is 0 Å². The molecule has 0 N–H and O–H groups in total. The molecule has 1 heteroatoms. The molecule has 0 amide bonds. The van der Waals surface area contributed by atoms with Crippen molar-refractivity contribution < 1.29 is 0 Å². The highest BCUT2D eigenvalue weighted by Gasteiger charge is 1.93. The maximum atomic E-state index is 5.22. The second-order valence-electron chi connectivity index (χ2n) is 2.05. The molecule has 0 saturated carbocycles. The monoisotopic (exact) mass is 205 g/mol. The normalized spacial score (nSPS) is 8.73. The molecule has 0 saturated heterocycles. The largest absolute Gasteiger partial charge is 0.115 e. The Labute approximate surface area is 75.1 Å². The van der Waals surface area contributed by atoms with Crippen LogP contribution in [-0.4, -0.2) is 0 Å². The van der Waals surface area contributed by atoms with Gasteiger partial charge < -0.3 is 0 Å². The molecule has 0 spiro atoms. The van der Waals surface area contributed by atoms with Crippen molar-refractivity contribution in [2.45, 2.75) is 0 Å². The van der Waals surface area contributed by atoms with E-state index in [1.54, 1.807) is 0 Å². The van der Waals surface area contributed by atoms with Crippen LogP contribution in [0.5, 0.6) is 0 Å². The molecule has 1 radical (unpaired) electrons. The topological polar surface area (TPSA) is 0 Å². The molecular weight excluding hydrogens is 200 g/mol. The molecule has 0 atom stereocenters. The van der Waals surface area contributed by atoms with Crippen molar-refractivity contribution in [2.75, 3.05) is 0 Å². The van der Waals surface area contributed by atoms with E-state index in [-0.39, 0.29) is 0 Å². The van der Waals surface area contributed by atoms with E-state index < -0.39 is 0 Å². The van der Waals surface area contributed by atoms with E-state index in [2.05, 4.69) is 34.5 Å². The van der Waals surface area contributed by atoms with Gasteiger partial charge in [0, 0.05) is 10.0 Å². The SMILES string of the molecule is C#Cc1cc(Br)cc([C]=C)c1. The molecule has 1 aromatic rings. The number of benzene rings is 1. The van der Waals surface area contributed by atoms with Crippen molar-refractivity contribution in [3.63, 3.8) is 0 Å². The first-order valence-electron chi connectivity index (χ1n) is 3.06. The fourth-order valence-corrected chi connectivity index (χ4v) is 1.27. The van der Waals surface area contributed by atoms with Crippen LogP contribution in [0.4, 0.5) is 0 Å². The zero-order valence-electron chi connectivity index (χ0n) is 5.89. The summed E-state index contributed by atoms with van der Waals surface area (Å²) in [5, 5.41) is 0. The summed E-state index contributed by atoms with van der Waals surface area (Å²) in [6.07, 6.45) is 7.99. The van der Waals surface area contributed by atoms with Crippen LogP contribution in [0.1, 0.15) is 11.1 Å². The van der Waals surface area contributed by atoms with Crippen molar-refractivity contribution in [3.8, 4) is 12.3 Å². The lowest BCUT2D eigenvalue weighted by atomic mass is 10.1. The highest BCUT2D eigenvalue weighted by Crippen LogP contribution is 2.14. The van der Waals surface area contributed by atoms with Crippen LogP contribution in [0.15, 0.2) is 29.3 Å². The van der Waals surface area contributed by atoms with Gasteiger partial charge in [-0.1, -0.05) is 28.4 Å². The molecule has 0 bridgehead atoms. The van der Waals surface area contributed by atoms with E-state index in [1.807, 2.05) is 18.2 Å². The summed E-state index contributed by atoms with van der Waals surface area (Å²) >= 11 is 3.33. The van der Waals surface area contributed by atoms with Crippen LogP contribution in [0.25, 0.3) is 0 Å². The van der Waals surface area contributed by atoms with Gasteiger partial charge in [-0.2, -0.15) is 0 Å². The molecule has 0 aliphatic carbocycles. The van der Waals surface area contributed by atoms with Gasteiger partial charge in [-0.15, -0.1) is 6.42 Å². The molecule has 1 aromatic carbocycles. The number of hydrogen-bond donors (Lipinski definition) is 0. The van der Waals surface area contributed by atoms with Crippen LogP contribution in [0.3, 0.4) is 0 Å². The lowest BCUT2D eigenvalue weighted by Gasteiger charge is -1.95. The first-order chi connectivity index (χ1) is 5.26. The lowest BCUT2D eigenvalue weighted by Crippen LogP contribution is -1.78. The van der Waals surface area contributed by atoms with E-state index in [1.165, 1.54) is 0 Å². The van der Waals surface area contributed by atoms with Crippen molar-refractivity contribution in [3.05, 3.63) is 46.5 Å². The highest BCUT2D eigenvalue weighted by molar-refractivity contribution is 9.10. The summed E-state index contributed by atoms with van der Waals surface area (Å²) in [5.74, 6) is 2.54. The van der Waals surface area contributed by atoms with Crippen LogP contribution in [0, 0.1) is 18.4 Å². The van der Waals surface area contributed by atoms with E-state index >= 15 is 0 Å². The maximum Gasteiger partial charge on any atom is 0.0259 e. The molecule has 53 valence electrons. The number of halogens is 1. The molecule has 0 nitrogen and oxygen atoms in total. The Balaban J connectivity index is 3.25. The summed E-state index contributed by atoms with van der Waals surface area (Å²) in [7, 11) is 0. The van der Waals surface area contributed by atoms with Gasteiger partial charge in [-0.05, 0) is 29.8 Å². The third-order valence-corrected chi connectivity index (χ3v) is 1.73. The molecule has 0 unspecified atom stereocenters. The highest BCUT2D eigenvalue weighted by atomic mass is 79.9. The summed E-state index contributed by atoms with van der Waals surface area (Å²) in [6, 6.07) is 5.65. The van der Waals surface area contributed by atoms with Gasteiger partial charge in [0.2, 0.25) is 0 Å². The van der Waals surface area contributed by atoms with Crippen LogP contribution in [0.2, 0.25) is 0 Å². The minimum Gasteiger partial charge on any atom is -0.115 e.